The minimum Gasteiger partial charge on any atom is -0.457 e. The maximum atomic E-state index is 12.9. The summed E-state index contributed by atoms with van der Waals surface area (Å²) in [6, 6.07) is 0. The summed E-state index contributed by atoms with van der Waals surface area (Å²) in [5.41, 5.74) is 0. The highest BCUT2D eigenvalue weighted by molar-refractivity contribution is 7.47. The second kappa shape index (κ2) is 44.3. The van der Waals surface area contributed by atoms with Crippen LogP contribution in [0.15, 0.2) is 0 Å². The monoisotopic (exact) mass is 965 g/mol. The van der Waals surface area contributed by atoms with Gasteiger partial charge in [0.15, 0.2) is 0 Å². The van der Waals surface area contributed by atoms with Gasteiger partial charge in [0, 0.05) is 13.0 Å². The number of carbonyl (C=O) groups excluding carboxylic acids is 1. The molecule has 0 amide bonds. The van der Waals surface area contributed by atoms with Gasteiger partial charge in [-0.05, 0) is 12.8 Å². The second-order valence-corrected chi connectivity index (χ2v) is 21.2. The zero-order valence-corrected chi connectivity index (χ0v) is 43.4. The normalized spacial score (nSPS) is 21.3. The summed E-state index contributed by atoms with van der Waals surface area (Å²) in [4.78, 5) is 23.3. The van der Waals surface area contributed by atoms with Crippen molar-refractivity contribution < 1.29 is 58.3 Å². The Hall–Kier alpha value is -0.660. The van der Waals surface area contributed by atoms with E-state index in [9.17, 15) is 39.8 Å². The number of carbonyl (C=O) groups is 1. The highest BCUT2D eigenvalue weighted by atomic mass is 31.2. The molecule has 0 heterocycles. The third-order valence-electron chi connectivity index (χ3n) is 13.5. The molecule has 13 heteroatoms. The van der Waals surface area contributed by atoms with Crippen molar-refractivity contribution >= 4 is 13.8 Å². The van der Waals surface area contributed by atoms with Gasteiger partial charge in [-0.25, -0.2) is 4.57 Å². The lowest BCUT2D eigenvalue weighted by atomic mass is 9.85. The van der Waals surface area contributed by atoms with E-state index in [-0.39, 0.29) is 13.0 Å². The molecule has 1 fully saturated rings. The summed E-state index contributed by atoms with van der Waals surface area (Å²) in [6.45, 7) is 4.33. The zero-order valence-electron chi connectivity index (χ0n) is 42.5. The summed E-state index contributed by atoms with van der Waals surface area (Å²) < 4.78 is 34.4. The van der Waals surface area contributed by atoms with Crippen molar-refractivity contribution in [1.82, 2.24) is 0 Å². The predicted octanol–water partition coefficient (Wildman–Crippen LogP) is 12.9. The molecule has 1 aliphatic rings. The molecule has 0 aliphatic heterocycles. The van der Waals surface area contributed by atoms with Crippen LogP contribution in [-0.4, -0.2) is 98.9 Å². The topological polar surface area (TPSA) is 192 Å². The number of ether oxygens (including phenoxy) is 2. The molecular weight excluding hydrogens is 860 g/mol. The van der Waals surface area contributed by atoms with Gasteiger partial charge in [-0.15, -0.1) is 0 Å². The van der Waals surface area contributed by atoms with Crippen LogP contribution in [0.5, 0.6) is 0 Å². The van der Waals surface area contributed by atoms with Crippen molar-refractivity contribution in [2.75, 3.05) is 19.8 Å². The lowest BCUT2D eigenvalue weighted by molar-refractivity contribution is -0.220. The van der Waals surface area contributed by atoms with E-state index in [2.05, 4.69) is 13.8 Å². The summed E-state index contributed by atoms with van der Waals surface area (Å²) in [6.07, 6.45) is 37.4. The molecule has 1 saturated carbocycles. The molecule has 0 saturated heterocycles. The van der Waals surface area contributed by atoms with Gasteiger partial charge < -0.3 is 39.9 Å². The minimum atomic E-state index is -5.02. The van der Waals surface area contributed by atoms with E-state index in [1.54, 1.807) is 0 Å². The van der Waals surface area contributed by atoms with Gasteiger partial charge in [-0.1, -0.05) is 251 Å². The standard InChI is InChI=1S/C53H105O12P/c1-3-5-7-9-11-13-15-17-19-21-23-24-25-27-29-31-33-35-37-39-41-43-62-44-46(45-63-66(60,61)65-53-51(58)49(56)48(55)50(57)52(53)59)64-47(54)42-40-38-36-34-32-30-28-26-22-20-18-16-14-12-10-8-6-4-2/h46,48-53,55-59H,3-45H2,1-2H3,(H,60,61). The molecule has 1 rings (SSSR count). The van der Waals surface area contributed by atoms with Crippen molar-refractivity contribution in [2.45, 2.75) is 313 Å². The third kappa shape index (κ3) is 35.4. The van der Waals surface area contributed by atoms with Gasteiger partial charge in [0.1, 0.15) is 42.7 Å². The molecule has 66 heavy (non-hydrogen) atoms. The number of phosphoric ester groups is 1. The van der Waals surface area contributed by atoms with E-state index in [4.69, 9.17) is 18.5 Å². The smallest absolute Gasteiger partial charge is 0.457 e. The van der Waals surface area contributed by atoms with Gasteiger partial charge in [0.25, 0.3) is 0 Å². The van der Waals surface area contributed by atoms with Gasteiger partial charge in [0.2, 0.25) is 0 Å². The largest absolute Gasteiger partial charge is 0.472 e. The molecular formula is C53H105O12P. The Labute approximate surface area is 404 Å². The minimum absolute atomic E-state index is 0.0671. The van der Waals surface area contributed by atoms with Gasteiger partial charge >= 0.3 is 13.8 Å². The predicted molar refractivity (Wildman–Crippen MR) is 267 cm³/mol. The van der Waals surface area contributed by atoms with Crippen LogP contribution in [0, 0.1) is 0 Å². The molecule has 1 aliphatic carbocycles. The van der Waals surface area contributed by atoms with Crippen LogP contribution in [0.1, 0.15) is 271 Å². The number of phosphoric acid groups is 1. The molecule has 6 N–H and O–H groups in total. The lowest BCUT2D eigenvalue weighted by Crippen LogP contribution is -2.64. The zero-order chi connectivity index (χ0) is 48.4. The van der Waals surface area contributed by atoms with Crippen LogP contribution in [0.2, 0.25) is 0 Å². The van der Waals surface area contributed by atoms with E-state index in [0.717, 1.165) is 38.5 Å². The third-order valence-corrected chi connectivity index (χ3v) is 14.5. The molecule has 6 unspecified atom stereocenters. The number of esters is 1. The molecule has 6 atom stereocenters. The Morgan fingerprint density at radius 1 is 0.424 bits per heavy atom. The fourth-order valence-electron chi connectivity index (χ4n) is 9.07. The van der Waals surface area contributed by atoms with E-state index < -0.39 is 63.1 Å². The summed E-state index contributed by atoms with van der Waals surface area (Å²) in [5, 5.41) is 50.4. The van der Waals surface area contributed by atoms with Gasteiger partial charge in [0.05, 0.1) is 13.2 Å². The molecule has 0 bridgehead atoms. The highest BCUT2D eigenvalue weighted by Gasteiger charge is 2.51. The average Bonchev–Trinajstić information content (AvgIpc) is 3.30. The summed E-state index contributed by atoms with van der Waals surface area (Å²) in [7, 11) is -5.02. The Morgan fingerprint density at radius 3 is 1.05 bits per heavy atom. The van der Waals surface area contributed by atoms with Crippen molar-refractivity contribution in [3.8, 4) is 0 Å². The van der Waals surface area contributed by atoms with E-state index in [1.807, 2.05) is 0 Å². The summed E-state index contributed by atoms with van der Waals surface area (Å²) >= 11 is 0. The number of hydrogen-bond acceptors (Lipinski definition) is 11. The quantitative estimate of drug-likeness (QED) is 0.0192. The Morgan fingerprint density at radius 2 is 0.712 bits per heavy atom. The Bertz CT molecular complexity index is 1100. The number of aliphatic hydroxyl groups is 5. The first-order valence-corrected chi connectivity index (χ1v) is 29.4. The molecule has 0 radical (unpaired) electrons. The lowest BCUT2D eigenvalue weighted by Gasteiger charge is -2.41. The van der Waals surface area contributed by atoms with Crippen LogP contribution >= 0.6 is 7.82 Å². The number of aliphatic hydroxyl groups excluding tert-OH is 5. The molecule has 12 nitrogen and oxygen atoms in total. The molecule has 0 spiro atoms. The molecule has 394 valence electrons. The fraction of sp³-hybridized carbons (Fsp3) is 0.981. The summed E-state index contributed by atoms with van der Waals surface area (Å²) in [5.74, 6) is -0.468. The first kappa shape index (κ1) is 63.4. The highest BCUT2D eigenvalue weighted by Crippen LogP contribution is 2.47. The maximum absolute atomic E-state index is 12.9. The first-order chi connectivity index (χ1) is 32.0. The van der Waals surface area contributed by atoms with E-state index in [1.165, 1.54) is 205 Å². The molecule has 0 aromatic carbocycles. The van der Waals surface area contributed by atoms with Crippen molar-refractivity contribution in [3.05, 3.63) is 0 Å². The molecule has 0 aromatic heterocycles. The van der Waals surface area contributed by atoms with Crippen molar-refractivity contribution in [1.29, 1.82) is 0 Å². The van der Waals surface area contributed by atoms with Gasteiger partial charge in [-0.2, -0.15) is 0 Å². The van der Waals surface area contributed by atoms with Crippen LogP contribution in [0.3, 0.4) is 0 Å². The number of hydrogen-bond donors (Lipinski definition) is 6. The Kier molecular flexibility index (Phi) is 42.5. The first-order valence-electron chi connectivity index (χ1n) is 27.9. The number of rotatable bonds is 49. The van der Waals surface area contributed by atoms with Gasteiger partial charge in [-0.3, -0.25) is 13.8 Å². The van der Waals surface area contributed by atoms with Crippen LogP contribution < -0.4 is 0 Å². The van der Waals surface area contributed by atoms with Crippen molar-refractivity contribution in [2.24, 2.45) is 0 Å². The number of unbranched alkanes of at least 4 members (excludes halogenated alkanes) is 37. The molecule has 0 aromatic rings. The average molecular weight is 965 g/mol. The second-order valence-electron chi connectivity index (χ2n) is 19.8. The fourth-order valence-corrected chi connectivity index (χ4v) is 10.0. The van der Waals surface area contributed by atoms with Crippen molar-refractivity contribution in [3.63, 3.8) is 0 Å². The van der Waals surface area contributed by atoms with Crippen LogP contribution in [0.4, 0.5) is 0 Å². The van der Waals surface area contributed by atoms with Crippen LogP contribution in [0.25, 0.3) is 0 Å². The van der Waals surface area contributed by atoms with E-state index in [0.29, 0.717) is 13.0 Å². The Balaban J connectivity index is 2.28. The van der Waals surface area contributed by atoms with E-state index >= 15 is 0 Å². The SMILES string of the molecule is CCCCCCCCCCCCCCCCCCCCCCCOCC(COP(=O)(O)OC1C(O)C(O)C(O)C(O)C1O)OC(=O)CCCCCCCCCCCCCCCCCCCC. The maximum Gasteiger partial charge on any atom is 0.472 e. The van der Waals surface area contributed by atoms with Crippen LogP contribution in [-0.2, 0) is 27.9 Å².